The van der Waals surface area contributed by atoms with E-state index in [0.29, 0.717) is 18.1 Å². The normalized spacial score (nSPS) is 19.3. The summed E-state index contributed by atoms with van der Waals surface area (Å²) < 4.78 is 1.67. The van der Waals surface area contributed by atoms with Crippen molar-refractivity contribution in [3.63, 3.8) is 0 Å². The van der Waals surface area contributed by atoms with Crippen LogP contribution in [0.4, 0.5) is 11.5 Å². The van der Waals surface area contributed by atoms with Crippen molar-refractivity contribution < 1.29 is 4.92 Å². The number of anilines is 1. The largest absolute Gasteiger partial charge is 0.348 e. The molecule has 1 aromatic rings. The first-order valence-corrected chi connectivity index (χ1v) is 7.65. The molecule has 1 aliphatic heterocycles. The monoisotopic (exact) mass is 295 g/mol. The smallest absolute Gasteiger partial charge is 0.334 e. The van der Waals surface area contributed by atoms with Crippen LogP contribution >= 0.6 is 0 Å². The van der Waals surface area contributed by atoms with Crippen molar-refractivity contribution in [1.82, 2.24) is 9.78 Å². The fourth-order valence-electron chi connectivity index (χ4n) is 3.18. The van der Waals surface area contributed by atoms with Crippen molar-refractivity contribution in [2.75, 3.05) is 18.0 Å². The summed E-state index contributed by atoms with van der Waals surface area (Å²) in [6.07, 6.45) is 4.11. The highest BCUT2D eigenvalue weighted by molar-refractivity contribution is 5.63. The van der Waals surface area contributed by atoms with Gasteiger partial charge in [-0.05, 0) is 32.2 Å². The zero-order chi connectivity index (χ0) is 15.6. The molecule has 118 valence electrons. The number of nitrogens with zero attached hydrogens (tertiary/aromatic N) is 4. The SMILES string of the molecule is CC(C)c1nn(C)c(N2CCCCC2CCN)c1[N+](=O)[O-]. The molecule has 1 aromatic heterocycles. The highest BCUT2D eigenvalue weighted by Crippen LogP contribution is 2.38. The van der Waals surface area contributed by atoms with Crippen LogP contribution in [0.15, 0.2) is 0 Å². The molecule has 2 rings (SSSR count). The minimum absolute atomic E-state index is 0.0306. The summed E-state index contributed by atoms with van der Waals surface area (Å²) in [7, 11) is 1.79. The summed E-state index contributed by atoms with van der Waals surface area (Å²) in [5.74, 6) is 0.671. The van der Waals surface area contributed by atoms with E-state index < -0.39 is 0 Å². The van der Waals surface area contributed by atoms with Crippen LogP contribution in [0.2, 0.25) is 0 Å². The lowest BCUT2D eigenvalue weighted by molar-refractivity contribution is -0.385. The molecule has 0 amide bonds. The first-order chi connectivity index (χ1) is 9.97. The van der Waals surface area contributed by atoms with Gasteiger partial charge in [-0.15, -0.1) is 0 Å². The van der Waals surface area contributed by atoms with Gasteiger partial charge in [-0.25, -0.2) is 4.68 Å². The average molecular weight is 295 g/mol. The minimum Gasteiger partial charge on any atom is -0.348 e. The molecule has 0 bridgehead atoms. The molecule has 1 unspecified atom stereocenters. The molecule has 0 spiro atoms. The third kappa shape index (κ3) is 3.02. The highest BCUT2D eigenvalue weighted by atomic mass is 16.6. The molecule has 1 atom stereocenters. The Morgan fingerprint density at radius 1 is 1.48 bits per heavy atom. The van der Waals surface area contributed by atoms with Crippen molar-refractivity contribution in [3.05, 3.63) is 15.8 Å². The summed E-state index contributed by atoms with van der Waals surface area (Å²) in [5.41, 5.74) is 6.43. The molecule has 0 aliphatic carbocycles. The van der Waals surface area contributed by atoms with Gasteiger partial charge in [-0.3, -0.25) is 10.1 Å². The van der Waals surface area contributed by atoms with Gasteiger partial charge >= 0.3 is 5.69 Å². The van der Waals surface area contributed by atoms with E-state index in [2.05, 4.69) is 10.00 Å². The molecule has 1 saturated heterocycles. The Labute approximate surface area is 125 Å². The van der Waals surface area contributed by atoms with E-state index >= 15 is 0 Å². The van der Waals surface area contributed by atoms with Crippen molar-refractivity contribution >= 4 is 11.5 Å². The highest BCUT2D eigenvalue weighted by Gasteiger charge is 2.35. The van der Waals surface area contributed by atoms with Crippen LogP contribution in [0, 0.1) is 10.1 Å². The third-order valence-corrected chi connectivity index (χ3v) is 4.15. The Kier molecular flexibility index (Phi) is 4.82. The zero-order valence-corrected chi connectivity index (χ0v) is 13.1. The second kappa shape index (κ2) is 6.43. The van der Waals surface area contributed by atoms with E-state index in [1.54, 1.807) is 11.7 Å². The molecule has 1 fully saturated rings. The van der Waals surface area contributed by atoms with Crippen LogP contribution in [0.5, 0.6) is 0 Å². The summed E-state index contributed by atoms with van der Waals surface area (Å²) in [6, 6.07) is 0.276. The molecular formula is C14H25N5O2. The Bertz CT molecular complexity index is 510. The Morgan fingerprint density at radius 2 is 2.19 bits per heavy atom. The lowest BCUT2D eigenvalue weighted by atomic mass is 9.99. The van der Waals surface area contributed by atoms with Crippen LogP contribution in [0.1, 0.15) is 51.1 Å². The molecule has 7 heteroatoms. The molecule has 1 aliphatic rings. The van der Waals surface area contributed by atoms with Gasteiger partial charge in [0.25, 0.3) is 0 Å². The van der Waals surface area contributed by atoms with E-state index in [1.807, 2.05) is 13.8 Å². The van der Waals surface area contributed by atoms with Crippen LogP contribution in [-0.2, 0) is 7.05 Å². The number of hydrogen-bond donors (Lipinski definition) is 1. The maximum absolute atomic E-state index is 11.6. The maximum Gasteiger partial charge on any atom is 0.334 e. The molecule has 7 nitrogen and oxygen atoms in total. The average Bonchev–Trinajstić information content (AvgIpc) is 2.78. The van der Waals surface area contributed by atoms with Crippen molar-refractivity contribution in [2.45, 2.75) is 51.5 Å². The number of nitro groups is 1. The molecule has 0 saturated carbocycles. The van der Waals surface area contributed by atoms with E-state index in [-0.39, 0.29) is 22.6 Å². The fraction of sp³-hybridized carbons (Fsp3) is 0.786. The van der Waals surface area contributed by atoms with Crippen LogP contribution < -0.4 is 10.6 Å². The first kappa shape index (κ1) is 15.8. The molecule has 21 heavy (non-hydrogen) atoms. The Morgan fingerprint density at radius 3 is 2.76 bits per heavy atom. The van der Waals surface area contributed by atoms with Crippen LogP contribution in [-0.4, -0.2) is 33.8 Å². The molecule has 2 heterocycles. The van der Waals surface area contributed by atoms with E-state index in [1.165, 1.54) is 0 Å². The predicted molar refractivity (Wildman–Crippen MR) is 82.6 cm³/mol. The number of piperidine rings is 1. The van der Waals surface area contributed by atoms with Crippen molar-refractivity contribution in [2.24, 2.45) is 12.8 Å². The molecule has 0 aromatic carbocycles. The van der Waals surface area contributed by atoms with Crippen molar-refractivity contribution in [1.29, 1.82) is 0 Å². The Balaban J connectivity index is 2.48. The Hall–Kier alpha value is -1.63. The third-order valence-electron chi connectivity index (χ3n) is 4.15. The summed E-state index contributed by atoms with van der Waals surface area (Å²) >= 11 is 0. The molecular weight excluding hydrogens is 270 g/mol. The van der Waals surface area contributed by atoms with E-state index in [0.717, 1.165) is 32.2 Å². The summed E-state index contributed by atoms with van der Waals surface area (Å²) in [6.45, 7) is 5.31. The van der Waals surface area contributed by atoms with Gasteiger partial charge in [0.2, 0.25) is 5.82 Å². The second-order valence-corrected chi connectivity index (χ2v) is 6.01. The standard InChI is InChI=1S/C14H25N5O2/c1-10(2)12-13(19(20)21)14(17(3)16-12)18-9-5-4-6-11(18)7-8-15/h10-11H,4-9,15H2,1-3H3. The first-order valence-electron chi connectivity index (χ1n) is 7.65. The number of aryl methyl sites for hydroxylation is 1. The van der Waals surface area contributed by atoms with Gasteiger partial charge in [0.1, 0.15) is 5.69 Å². The van der Waals surface area contributed by atoms with Crippen LogP contribution in [0.25, 0.3) is 0 Å². The zero-order valence-electron chi connectivity index (χ0n) is 13.1. The minimum atomic E-state index is -0.286. The lowest BCUT2D eigenvalue weighted by Gasteiger charge is -2.36. The molecule has 0 radical (unpaired) electrons. The van der Waals surface area contributed by atoms with Gasteiger partial charge < -0.3 is 10.6 Å². The van der Waals surface area contributed by atoms with E-state index in [4.69, 9.17) is 5.73 Å². The van der Waals surface area contributed by atoms with E-state index in [9.17, 15) is 10.1 Å². The number of aromatic nitrogens is 2. The quantitative estimate of drug-likeness (QED) is 0.664. The number of rotatable bonds is 5. The number of hydrogen-bond acceptors (Lipinski definition) is 5. The summed E-state index contributed by atoms with van der Waals surface area (Å²) in [5, 5.41) is 16.0. The topological polar surface area (TPSA) is 90.2 Å². The van der Waals surface area contributed by atoms with Gasteiger partial charge in [-0.2, -0.15) is 5.10 Å². The van der Waals surface area contributed by atoms with Gasteiger partial charge in [0.15, 0.2) is 0 Å². The summed E-state index contributed by atoms with van der Waals surface area (Å²) in [4.78, 5) is 13.4. The maximum atomic E-state index is 11.6. The second-order valence-electron chi connectivity index (χ2n) is 6.01. The number of nitrogens with two attached hydrogens (primary N) is 1. The van der Waals surface area contributed by atoms with Crippen molar-refractivity contribution in [3.8, 4) is 0 Å². The van der Waals surface area contributed by atoms with Crippen LogP contribution in [0.3, 0.4) is 0 Å². The van der Waals surface area contributed by atoms with Gasteiger partial charge in [0, 0.05) is 25.6 Å². The van der Waals surface area contributed by atoms with Gasteiger partial charge in [0.05, 0.1) is 4.92 Å². The molecule has 2 N–H and O–H groups in total. The predicted octanol–water partition coefficient (Wildman–Crippen LogP) is 2.16. The fourth-order valence-corrected chi connectivity index (χ4v) is 3.18. The van der Waals surface area contributed by atoms with Gasteiger partial charge in [-0.1, -0.05) is 13.8 Å². The lowest BCUT2D eigenvalue weighted by Crippen LogP contribution is -2.42.